The zero-order valence-electron chi connectivity index (χ0n) is 5.56. The summed E-state index contributed by atoms with van der Waals surface area (Å²) in [5, 5.41) is 12.7. The van der Waals surface area contributed by atoms with Crippen LogP contribution in [0.4, 0.5) is 4.79 Å². The Morgan fingerprint density at radius 1 is 1.18 bits per heavy atom. The van der Waals surface area contributed by atoms with Crippen molar-refractivity contribution in [3.8, 4) is 0 Å². The van der Waals surface area contributed by atoms with Gasteiger partial charge in [0.1, 0.15) is 0 Å². The number of urea groups is 1. The predicted molar refractivity (Wildman–Crippen MR) is 27.0 cm³/mol. The number of rotatable bonds is 0. The monoisotopic (exact) mass is 344 g/mol. The van der Waals surface area contributed by atoms with Crippen molar-refractivity contribution in [1.82, 2.24) is 0 Å². The molecule has 0 unspecified atom stereocenters. The van der Waals surface area contributed by atoms with Crippen LogP contribution in [0.3, 0.4) is 0 Å². The summed E-state index contributed by atoms with van der Waals surface area (Å²) >= 11 is -4.86. The molecule has 0 bridgehead atoms. The molecule has 11 heavy (non-hydrogen) atoms. The first-order valence-electron chi connectivity index (χ1n) is 1.82. The van der Waals surface area contributed by atoms with E-state index >= 15 is 0 Å². The second-order valence-corrected chi connectivity index (χ2v) is 5.74. The molecule has 6 N–H and O–H groups in total. The molecule has 70 valence electrons. The molecular formula is C2H9N2O6Re. The van der Waals surface area contributed by atoms with Crippen LogP contribution < -0.4 is 11.5 Å². The average Bonchev–Trinajstić information content (AvgIpc) is 1.63. The van der Waals surface area contributed by atoms with Gasteiger partial charge in [-0.15, -0.1) is 0 Å². The van der Waals surface area contributed by atoms with Gasteiger partial charge in [-0.2, -0.15) is 0 Å². The molecule has 0 saturated carbocycles. The van der Waals surface area contributed by atoms with Crippen molar-refractivity contribution in [2.45, 2.75) is 5.40 Å². The van der Waals surface area contributed by atoms with Crippen molar-refractivity contribution in [1.29, 1.82) is 0 Å². The summed E-state index contributed by atoms with van der Waals surface area (Å²) in [5.41, 5.74) is 8.50. The van der Waals surface area contributed by atoms with E-state index in [0.717, 1.165) is 5.40 Å². The van der Waals surface area contributed by atoms with E-state index in [0.29, 0.717) is 0 Å². The van der Waals surface area contributed by atoms with Crippen molar-refractivity contribution in [3.63, 3.8) is 0 Å². The van der Waals surface area contributed by atoms with Crippen LogP contribution in [0.15, 0.2) is 0 Å². The topological polar surface area (TPSA) is 161 Å². The van der Waals surface area contributed by atoms with Gasteiger partial charge < -0.3 is 11.5 Å². The van der Waals surface area contributed by atoms with Crippen molar-refractivity contribution >= 4 is 6.03 Å². The maximum atomic E-state index is 9.19. The van der Waals surface area contributed by atoms with E-state index in [9.17, 15) is 10.4 Å². The molecule has 0 fully saturated rings. The summed E-state index contributed by atoms with van der Waals surface area (Å²) in [4.78, 5) is 9.00. The van der Waals surface area contributed by atoms with Gasteiger partial charge in [-0.25, -0.2) is 4.79 Å². The quantitative estimate of drug-likeness (QED) is 0.335. The standard InChI is InChI=1S/CH4N2O.CH3.H2O2.3O.Re/c2-1(3)4;;1-2;;;;/h(H4,2,3,4);1H3;1-2H;;;;. The Kier molecular flexibility index (Phi) is 14.0. The van der Waals surface area contributed by atoms with Gasteiger partial charge in [0.25, 0.3) is 0 Å². The Hall–Kier alpha value is -0.748. The Morgan fingerprint density at radius 3 is 1.18 bits per heavy atom. The molecule has 0 aliphatic carbocycles. The average molecular weight is 343 g/mol. The van der Waals surface area contributed by atoms with Crippen LogP contribution in [0.1, 0.15) is 0 Å². The second-order valence-electron chi connectivity index (χ2n) is 1.05. The molecular weight excluding hydrogens is 334 g/mol. The zero-order chi connectivity index (χ0) is 10.1. The van der Waals surface area contributed by atoms with Crippen molar-refractivity contribution in [2.75, 3.05) is 0 Å². The fourth-order valence-corrected chi connectivity index (χ4v) is 0. The van der Waals surface area contributed by atoms with Crippen LogP contribution in [-0.2, 0) is 25.8 Å². The van der Waals surface area contributed by atoms with Gasteiger partial charge in [0.2, 0.25) is 0 Å². The van der Waals surface area contributed by atoms with E-state index < -0.39 is 21.4 Å². The Balaban J connectivity index is -0.0000000965. The zero-order valence-corrected chi connectivity index (χ0v) is 8.28. The van der Waals surface area contributed by atoms with Crippen molar-refractivity contribution in [2.24, 2.45) is 11.5 Å². The van der Waals surface area contributed by atoms with Gasteiger partial charge in [0.15, 0.2) is 0 Å². The molecule has 2 amide bonds. The predicted octanol–water partition coefficient (Wildman–Crippen LogP) is -0.734. The van der Waals surface area contributed by atoms with E-state index in [4.69, 9.17) is 15.3 Å². The minimum absolute atomic E-state index is 0.722. The van der Waals surface area contributed by atoms with E-state index in [2.05, 4.69) is 11.5 Å². The van der Waals surface area contributed by atoms with Crippen LogP contribution >= 0.6 is 0 Å². The molecule has 0 aliphatic rings. The van der Waals surface area contributed by atoms with Crippen molar-refractivity contribution in [3.05, 3.63) is 0 Å². The first kappa shape index (κ1) is 16.7. The van der Waals surface area contributed by atoms with Crippen LogP contribution in [-0.4, -0.2) is 16.5 Å². The molecule has 0 aromatic rings. The Morgan fingerprint density at radius 2 is 1.18 bits per heavy atom. The first-order valence-corrected chi connectivity index (χ1v) is 7.86. The number of hydrogen-bond donors (Lipinski definition) is 4. The third kappa shape index (κ3) is 871. The van der Waals surface area contributed by atoms with Gasteiger partial charge in [-0.1, -0.05) is 0 Å². The van der Waals surface area contributed by atoms with Crippen LogP contribution in [0, 0.1) is 0 Å². The molecule has 0 heterocycles. The van der Waals surface area contributed by atoms with E-state index in [1.165, 1.54) is 0 Å². The fraction of sp³-hybridized carbons (Fsp3) is 0.500. The maximum absolute atomic E-state index is 9.19. The number of carbonyl (C=O) groups excluding carboxylic acids is 1. The molecule has 0 aromatic carbocycles. The third-order valence-electron chi connectivity index (χ3n) is 0. The summed E-state index contributed by atoms with van der Waals surface area (Å²) in [7, 11) is 0. The molecule has 0 aliphatic heterocycles. The third-order valence-corrected chi connectivity index (χ3v) is 0. The molecule has 0 radical (unpaired) electrons. The summed E-state index contributed by atoms with van der Waals surface area (Å²) in [6.07, 6.45) is 0. The number of primary amides is 2. The van der Waals surface area contributed by atoms with Gasteiger partial charge in [0.05, 0.1) is 0 Å². The molecule has 9 heteroatoms. The summed E-state index contributed by atoms with van der Waals surface area (Å²) < 4.78 is 27.6. The van der Waals surface area contributed by atoms with E-state index in [1.807, 2.05) is 0 Å². The SMILES string of the molecule is NC(N)=O.OO.[CH3][Re](=[O])(=[O])=[O]. The summed E-state index contributed by atoms with van der Waals surface area (Å²) in [6.45, 7) is 0. The number of hydrogen-bond acceptors (Lipinski definition) is 6. The van der Waals surface area contributed by atoms with Gasteiger partial charge in [0, 0.05) is 0 Å². The normalized spacial score (nSPS) is 7.91. The molecule has 0 atom stereocenters. The van der Waals surface area contributed by atoms with Gasteiger partial charge >= 0.3 is 37.2 Å². The van der Waals surface area contributed by atoms with Crippen LogP contribution in [0.2, 0.25) is 5.40 Å². The molecule has 0 aromatic heterocycles. The van der Waals surface area contributed by atoms with E-state index in [1.54, 1.807) is 0 Å². The summed E-state index contributed by atoms with van der Waals surface area (Å²) in [6, 6.07) is -0.833. The Bertz CT molecular complexity index is 204. The number of amides is 2. The molecule has 8 nitrogen and oxygen atoms in total. The van der Waals surface area contributed by atoms with Gasteiger partial charge in [-0.3, -0.25) is 10.5 Å². The van der Waals surface area contributed by atoms with Gasteiger partial charge in [-0.05, 0) is 0 Å². The fourth-order valence-electron chi connectivity index (χ4n) is 0. The van der Waals surface area contributed by atoms with E-state index in [-0.39, 0.29) is 0 Å². The minimum atomic E-state index is -4.86. The van der Waals surface area contributed by atoms with Crippen LogP contribution in [0.5, 0.6) is 0 Å². The van der Waals surface area contributed by atoms with Crippen LogP contribution in [0.25, 0.3) is 0 Å². The molecule has 0 saturated heterocycles. The number of nitrogens with two attached hydrogens (primary N) is 2. The molecule has 0 spiro atoms. The second kappa shape index (κ2) is 9.25. The van der Waals surface area contributed by atoms with Crippen molar-refractivity contribution < 1.29 is 41.1 Å². The number of carbonyl (C=O) groups is 1. The summed E-state index contributed by atoms with van der Waals surface area (Å²) in [5.74, 6) is 0. The Labute approximate surface area is 64.6 Å². The first-order chi connectivity index (χ1) is 4.73. The molecule has 0 rings (SSSR count).